The minimum atomic E-state index is -3.68. The molecule has 2 atom stereocenters. The summed E-state index contributed by atoms with van der Waals surface area (Å²) in [4.78, 5) is 11.9. The summed E-state index contributed by atoms with van der Waals surface area (Å²) in [5.41, 5.74) is 3.63. The second kappa shape index (κ2) is 7.29. The number of carbonyl (C=O) groups is 1. The van der Waals surface area contributed by atoms with Crippen LogP contribution in [0.5, 0.6) is 0 Å². The van der Waals surface area contributed by atoms with Crippen LogP contribution in [0.25, 0.3) is 0 Å². The van der Waals surface area contributed by atoms with Crippen molar-refractivity contribution in [3.63, 3.8) is 0 Å². The van der Waals surface area contributed by atoms with Crippen molar-refractivity contribution >= 4 is 16.0 Å². The van der Waals surface area contributed by atoms with Crippen LogP contribution in [0.4, 0.5) is 0 Å². The van der Waals surface area contributed by atoms with Crippen molar-refractivity contribution < 1.29 is 18.3 Å². The first-order valence-corrected chi connectivity index (χ1v) is 10.6. The van der Waals surface area contributed by atoms with Gasteiger partial charge in [-0.3, -0.25) is 0 Å². The molecule has 1 aliphatic rings. The molecule has 1 N–H and O–H groups in total. The minimum absolute atomic E-state index is 0.0920. The van der Waals surface area contributed by atoms with E-state index in [9.17, 15) is 18.3 Å². The van der Waals surface area contributed by atoms with Crippen LogP contribution in [0.1, 0.15) is 40.8 Å². The smallest absolute Gasteiger partial charge is 0.333 e. The Hall–Kier alpha value is -2.44. The number of nitrogens with zero attached hydrogens (tertiary/aromatic N) is 1. The average molecular weight is 385 g/mol. The highest BCUT2D eigenvalue weighted by atomic mass is 32.2. The number of carboxylic acids is 1. The maximum atomic E-state index is 12.8. The molecule has 0 unspecified atom stereocenters. The fourth-order valence-corrected chi connectivity index (χ4v) is 4.92. The largest absolute Gasteiger partial charge is 0.478 e. The van der Waals surface area contributed by atoms with E-state index in [0.717, 1.165) is 22.9 Å². The van der Waals surface area contributed by atoms with Gasteiger partial charge in [-0.1, -0.05) is 65.7 Å². The van der Waals surface area contributed by atoms with Crippen molar-refractivity contribution in [3.8, 4) is 0 Å². The molecule has 0 amide bonds. The van der Waals surface area contributed by atoms with Gasteiger partial charge in [0.15, 0.2) is 0 Å². The van der Waals surface area contributed by atoms with E-state index in [4.69, 9.17) is 0 Å². The van der Waals surface area contributed by atoms with Gasteiger partial charge in [-0.25, -0.2) is 13.2 Å². The van der Waals surface area contributed by atoms with E-state index < -0.39 is 28.1 Å². The highest BCUT2D eigenvalue weighted by molar-refractivity contribution is 7.88. The number of hydrogen-bond donors (Lipinski definition) is 1. The molecule has 6 heteroatoms. The van der Waals surface area contributed by atoms with Crippen molar-refractivity contribution in [1.82, 2.24) is 4.31 Å². The highest BCUT2D eigenvalue weighted by Gasteiger charge is 2.42. The molecule has 142 valence electrons. The van der Waals surface area contributed by atoms with Gasteiger partial charge in [0.25, 0.3) is 0 Å². The quantitative estimate of drug-likeness (QED) is 0.869. The Labute approximate surface area is 160 Å². The Bertz CT molecular complexity index is 993. The van der Waals surface area contributed by atoms with Crippen molar-refractivity contribution in [2.45, 2.75) is 32.4 Å². The molecule has 27 heavy (non-hydrogen) atoms. The Kier molecular flexibility index (Phi) is 5.22. The van der Waals surface area contributed by atoms with E-state index in [1.165, 1.54) is 4.31 Å². The summed E-state index contributed by atoms with van der Waals surface area (Å²) >= 11 is 0. The molecule has 0 bridgehead atoms. The number of hydrogen-bond acceptors (Lipinski definition) is 3. The molecule has 1 aliphatic heterocycles. The molecule has 0 aromatic heterocycles. The third-order valence-corrected chi connectivity index (χ3v) is 6.10. The lowest BCUT2D eigenvalue weighted by molar-refractivity contribution is -0.133. The summed E-state index contributed by atoms with van der Waals surface area (Å²) in [6, 6.07) is 13.7. The number of aryl methyl sites for hydroxylation is 2. The van der Waals surface area contributed by atoms with Gasteiger partial charge in [-0.05, 0) is 31.4 Å². The van der Waals surface area contributed by atoms with Gasteiger partial charge in [-0.15, -0.1) is 0 Å². The SMILES string of the molecule is Cc1ccc([C@@H]2CC=C(C(=O)O)[C@H](c3cccc(C)c3)N2S(C)(=O)=O)cc1. The third-order valence-electron chi connectivity index (χ3n) is 4.87. The Balaban J connectivity index is 2.21. The molecule has 5 nitrogen and oxygen atoms in total. The fourth-order valence-electron chi connectivity index (χ4n) is 3.64. The topological polar surface area (TPSA) is 74.7 Å². The Morgan fingerprint density at radius 3 is 2.26 bits per heavy atom. The first kappa shape index (κ1) is 19.3. The first-order valence-electron chi connectivity index (χ1n) is 8.73. The lowest BCUT2D eigenvalue weighted by Crippen LogP contribution is -2.41. The van der Waals surface area contributed by atoms with Crippen LogP contribution in [0.2, 0.25) is 0 Å². The summed E-state index contributed by atoms with van der Waals surface area (Å²) in [7, 11) is -3.68. The molecule has 1 heterocycles. The summed E-state index contributed by atoms with van der Waals surface area (Å²) in [6.45, 7) is 3.87. The summed E-state index contributed by atoms with van der Waals surface area (Å²) in [6.07, 6.45) is 3.11. The van der Waals surface area contributed by atoms with E-state index in [0.29, 0.717) is 12.0 Å². The third kappa shape index (κ3) is 3.96. The van der Waals surface area contributed by atoms with Crippen LogP contribution in [0.3, 0.4) is 0 Å². The summed E-state index contributed by atoms with van der Waals surface area (Å²) in [5.74, 6) is -1.10. The normalized spacial score (nSPS) is 20.9. The van der Waals surface area contributed by atoms with Crippen LogP contribution in [-0.4, -0.2) is 30.1 Å². The molecule has 3 rings (SSSR count). The Morgan fingerprint density at radius 2 is 1.70 bits per heavy atom. The average Bonchev–Trinajstić information content (AvgIpc) is 2.60. The van der Waals surface area contributed by atoms with Crippen molar-refractivity contribution in [2.75, 3.05) is 6.26 Å². The standard InChI is InChI=1S/C21H23NO4S/c1-14-7-9-16(10-8-14)19-12-11-18(21(23)24)20(22(19)27(3,25)26)17-6-4-5-15(2)13-17/h4-11,13,19-20H,12H2,1-3H3,(H,23,24)/t19-,20-/m0/s1. The number of aliphatic carboxylic acids is 1. The molecule has 0 spiro atoms. The van der Waals surface area contributed by atoms with Crippen LogP contribution in [0, 0.1) is 13.8 Å². The van der Waals surface area contributed by atoms with Gasteiger partial charge in [0.2, 0.25) is 10.0 Å². The van der Waals surface area contributed by atoms with Gasteiger partial charge >= 0.3 is 5.97 Å². The maximum absolute atomic E-state index is 12.8. The highest BCUT2D eigenvalue weighted by Crippen LogP contribution is 2.43. The zero-order chi connectivity index (χ0) is 19.8. The zero-order valence-electron chi connectivity index (χ0n) is 15.6. The molecule has 0 saturated heterocycles. The van der Waals surface area contributed by atoms with Gasteiger partial charge in [0.1, 0.15) is 0 Å². The van der Waals surface area contributed by atoms with E-state index in [1.807, 2.05) is 56.3 Å². The second-order valence-corrected chi connectivity index (χ2v) is 8.92. The van der Waals surface area contributed by atoms with Gasteiger partial charge in [0.05, 0.1) is 23.9 Å². The molecule has 0 saturated carbocycles. The van der Waals surface area contributed by atoms with E-state index in [1.54, 1.807) is 12.1 Å². The molecule has 0 aliphatic carbocycles. The lowest BCUT2D eigenvalue weighted by Gasteiger charge is -2.40. The lowest BCUT2D eigenvalue weighted by atomic mass is 9.88. The number of carboxylic acid groups (broad SMARTS) is 1. The van der Waals surface area contributed by atoms with Gasteiger partial charge in [0, 0.05) is 0 Å². The summed E-state index contributed by atoms with van der Waals surface area (Å²) in [5, 5.41) is 9.73. The predicted molar refractivity (Wildman–Crippen MR) is 105 cm³/mol. The number of rotatable bonds is 4. The maximum Gasteiger partial charge on any atom is 0.333 e. The van der Waals surface area contributed by atoms with E-state index in [-0.39, 0.29) is 5.57 Å². The van der Waals surface area contributed by atoms with Crippen LogP contribution in [-0.2, 0) is 14.8 Å². The second-order valence-electron chi connectivity index (χ2n) is 7.04. The minimum Gasteiger partial charge on any atom is -0.478 e. The molecule has 0 radical (unpaired) electrons. The van der Waals surface area contributed by atoms with E-state index in [2.05, 4.69) is 0 Å². The van der Waals surface area contributed by atoms with Crippen LogP contribution >= 0.6 is 0 Å². The van der Waals surface area contributed by atoms with Crippen molar-refractivity contribution in [1.29, 1.82) is 0 Å². The molecule has 0 fully saturated rings. The monoisotopic (exact) mass is 385 g/mol. The fraction of sp³-hybridized carbons (Fsp3) is 0.286. The molecular weight excluding hydrogens is 362 g/mol. The van der Waals surface area contributed by atoms with Crippen molar-refractivity contribution in [2.24, 2.45) is 0 Å². The first-order chi connectivity index (χ1) is 12.7. The molecular formula is C21H23NO4S. The van der Waals surface area contributed by atoms with E-state index >= 15 is 0 Å². The van der Waals surface area contributed by atoms with Crippen LogP contribution < -0.4 is 0 Å². The number of sulfonamides is 1. The number of benzene rings is 2. The Morgan fingerprint density at radius 1 is 1.04 bits per heavy atom. The van der Waals surface area contributed by atoms with Gasteiger partial charge < -0.3 is 5.11 Å². The molecule has 2 aromatic carbocycles. The summed E-state index contributed by atoms with van der Waals surface area (Å²) < 4.78 is 26.9. The predicted octanol–water partition coefficient (Wildman–Crippen LogP) is 3.76. The van der Waals surface area contributed by atoms with Crippen LogP contribution in [0.15, 0.2) is 60.2 Å². The van der Waals surface area contributed by atoms with Gasteiger partial charge in [-0.2, -0.15) is 4.31 Å². The zero-order valence-corrected chi connectivity index (χ0v) is 16.4. The molecule has 2 aromatic rings. The van der Waals surface area contributed by atoms with Crippen molar-refractivity contribution in [3.05, 3.63) is 82.4 Å².